The summed E-state index contributed by atoms with van der Waals surface area (Å²) in [6, 6.07) is 12.0. The van der Waals surface area contributed by atoms with Crippen molar-refractivity contribution in [1.29, 1.82) is 0 Å². The van der Waals surface area contributed by atoms with Crippen LogP contribution < -0.4 is 10.2 Å². The van der Waals surface area contributed by atoms with E-state index in [2.05, 4.69) is 77.2 Å². The Kier molecular flexibility index (Phi) is 6.44. The van der Waals surface area contributed by atoms with Crippen molar-refractivity contribution in [3.8, 4) is 0 Å². The highest BCUT2D eigenvalue weighted by Crippen LogP contribution is 2.31. The first-order valence-electron chi connectivity index (χ1n) is 12.5. The normalized spacial score (nSPS) is 26.2. The van der Waals surface area contributed by atoms with E-state index in [0.717, 1.165) is 6.54 Å². The molecular formula is C26H36N6O2. The van der Waals surface area contributed by atoms with Gasteiger partial charge in [-0.3, -0.25) is 9.80 Å². The van der Waals surface area contributed by atoms with Gasteiger partial charge in [-0.15, -0.1) is 0 Å². The molecule has 1 amide bonds. The summed E-state index contributed by atoms with van der Waals surface area (Å²) in [5, 5.41) is 3.39. The third-order valence-electron chi connectivity index (χ3n) is 7.57. The van der Waals surface area contributed by atoms with Crippen molar-refractivity contribution in [1.82, 2.24) is 19.8 Å². The van der Waals surface area contributed by atoms with Gasteiger partial charge in [0.25, 0.3) is 0 Å². The van der Waals surface area contributed by atoms with Gasteiger partial charge in [0.1, 0.15) is 12.4 Å². The summed E-state index contributed by atoms with van der Waals surface area (Å²) in [6.07, 6.45) is 3.98. The van der Waals surface area contributed by atoms with Gasteiger partial charge in [-0.2, -0.15) is 4.98 Å². The van der Waals surface area contributed by atoms with Gasteiger partial charge >= 0.3 is 6.09 Å². The first-order valence-corrected chi connectivity index (χ1v) is 12.5. The van der Waals surface area contributed by atoms with Gasteiger partial charge < -0.3 is 15.0 Å². The predicted molar refractivity (Wildman–Crippen MR) is 133 cm³/mol. The van der Waals surface area contributed by atoms with Crippen LogP contribution in [-0.2, 0) is 11.3 Å². The minimum atomic E-state index is -0.347. The maximum absolute atomic E-state index is 12.3. The van der Waals surface area contributed by atoms with E-state index < -0.39 is 0 Å². The van der Waals surface area contributed by atoms with Crippen LogP contribution in [0, 0.1) is 5.92 Å². The Bertz CT molecular complexity index is 999. The molecule has 3 aliphatic rings. The van der Waals surface area contributed by atoms with Crippen LogP contribution in [0.15, 0.2) is 36.5 Å². The van der Waals surface area contributed by atoms with Crippen LogP contribution >= 0.6 is 0 Å². The number of piperazine rings is 1. The number of amides is 1. The van der Waals surface area contributed by atoms with Crippen LogP contribution in [-0.4, -0.2) is 70.7 Å². The average molecular weight is 465 g/mol. The van der Waals surface area contributed by atoms with Gasteiger partial charge in [-0.25, -0.2) is 9.78 Å². The van der Waals surface area contributed by atoms with E-state index in [-0.39, 0.29) is 24.1 Å². The lowest BCUT2D eigenvalue weighted by atomic mass is 10.0. The van der Waals surface area contributed by atoms with E-state index >= 15 is 0 Å². The van der Waals surface area contributed by atoms with Gasteiger partial charge in [-0.05, 0) is 49.9 Å². The molecule has 4 heterocycles. The zero-order valence-corrected chi connectivity index (χ0v) is 20.6. The van der Waals surface area contributed by atoms with Crippen molar-refractivity contribution in [3.05, 3.63) is 47.7 Å². The van der Waals surface area contributed by atoms with Crippen molar-refractivity contribution in [3.63, 3.8) is 0 Å². The summed E-state index contributed by atoms with van der Waals surface area (Å²) in [7, 11) is 2.24. The van der Waals surface area contributed by atoms with Gasteiger partial charge in [-0.1, -0.05) is 38.1 Å². The number of cyclic esters (lactones) is 1. The number of anilines is 2. The summed E-state index contributed by atoms with van der Waals surface area (Å²) in [6.45, 7) is 10.1. The highest BCUT2D eigenvalue weighted by atomic mass is 16.6. The van der Waals surface area contributed by atoms with Crippen molar-refractivity contribution in [2.24, 2.45) is 5.92 Å². The lowest BCUT2D eigenvalue weighted by Gasteiger charge is -2.39. The molecule has 0 radical (unpaired) electrons. The molecule has 5 rings (SSSR count). The molecule has 34 heavy (non-hydrogen) atoms. The molecule has 2 aromatic rings. The summed E-state index contributed by atoms with van der Waals surface area (Å²) < 4.78 is 5.27. The summed E-state index contributed by atoms with van der Waals surface area (Å²) in [5.41, 5.74) is 2.54. The van der Waals surface area contributed by atoms with E-state index in [1.165, 1.54) is 37.1 Å². The lowest BCUT2D eigenvalue weighted by Crippen LogP contribution is -2.51. The molecule has 0 saturated carbocycles. The van der Waals surface area contributed by atoms with Crippen LogP contribution in [0.25, 0.3) is 0 Å². The zero-order valence-electron chi connectivity index (χ0n) is 20.6. The number of hydrogen-bond acceptors (Lipinski definition) is 7. The molecule has 8 heteroatoms. The Labute approximate surface area is 202 Å². The summed E-state index contributed by atoms with van der Waals surface area (Å²) >= 11 is 0. The van der Waals surface area contributed by atoms with Gasteiger partial charge in [0, 0.05) is 37.9 Å². The number of nitrogens with zero attached hydrogens (tertiary/aromatic N) is 5. The Morgan fingerprint density at radius 3 is 2.47 bits per heavy atom. The fourth-order valence-electron chi connectivity index (χ4n) is 5.60. The third kappa shape index (κ3) is 4.61. The second-order valence-corrected chi connectivity index (χ2v) is 10.4. The molecule has 4 atom stereocenters. The number of rotatable bonds is 7. The number of aromatic nitrogens is 2. The van der Waals surface area contributed by atoms with Gasteiger partial charge in [0.05, 0.1) is 12.1 Å². The van der Waals surface area contributed by atoms with E-state index in [1.807, 2.05) is 0 Å². The molecule has 0 spiro atoms. The van der Waals surface area contributed by atoms with Crippen molar-refractivity contribution in [2.75, 3.05) is 37.0 Å². The Morgan fingerprint density at radius 1 is 1.09 bits per heavy atom. The molecule has 3 saturated heterocycles. The molecule has 1 aromatic heterocycles. The molecule has 8 nitrogen and oxygen atoms in total. The van der Waals surface area contributed by atoms with E-state index in [4.69, 9.17) is 4.74 Å². The monoisotopic (exact) mass is 464 g/mol. The number of hydrogen-bond donors (Lipinski definition) is 1. The van der Waals surface area contributed by atoms with Crippen LogP contribution in [0.3, 0.4) is 0 Å². The third-order valence-corrected chi connectivity index (χ3v) is 7.57. The zero-order chi connectivity index (χ0) is 23.8. The minimum Gasteiger partial charge on any atom is -0.447 e. The Balaban J connectivity index is 1.23. The number of carbonyl (C=O) groups excluding carboxylic acids is 1. The van der Waals surface area contributed by atoms with E-state index in [0.29, 0.717) is 30.5 Å². The fraction of sp³-hybridized carbons (Fsp3) is 0.577. The number of carbonyl (C=O) groups is 1. The predicted octanol–water partition coefficient (Wildman–Crippen LogP) is 3.91. The fourth-order valence-corrected chi connectivity index (χ4v) is 5.60. The van der Waals surface area contributed by atoms with Crippen LogP contribution in [0.4, 0.5) is 16.6 Å². The largest absolute Gasteiger partial charge is 0.447 e. The highest BCUT2D eigenvalue weighted by molar-refractivity contribution is 5.89. The molecule has 1 N–H and O–H groups in total. The second-order valence-electron chi connectivity index (χ2n) is 10.4. The summed E-state index contributed by atoms with van der Waals surface area (Å²) in [4.78, 5) is 28.1. The minimum absolute atomic E-state index is 0.0178. The number of nitrogens with one attached hydrogen (secondary N) is 1. The maximum atomic E-state index is 12.3. The van der Waals surface area contributed by atoms with Gasteiger partial charge in [0.2, 0.25) is 5.95 Å². The number of ether oxygens (including phenoxy) is 1. The topological polar surface area (TPSA) is 73.8 Å². The Morgan fingerprint density at radius 2 is 1.79 bits per heavy atom. The van der Waals surface area contributed by atoms with Crippen LogP contribution in [0.2, 0.25) is 0 Å². The number of fused-ring (bicyclic) bond motifs is 2. The molecule has 3 fully saturated rings. The first-order chi connectivity index (χ1) is 16.4. The van der Waals surface area contributed by atoms with Crippen molar-refractivity contribution in [2.45, 2.75) is 64.3 Å². The van der Waals surface area contributed by atoms with Crippen LogP contribution in [0.5, 0.6) is 0 Å². The summed E-state index contributed by atoms with van der Waals surface area (Å²) in [5.74, 6) is 1.35. The van der Waals surface area contributed by atoms with Crippen molar-refractivity contribution >= 4 is 17.9 Å². The Hall–Kier alpha value is -2.71. The average Bonchev–Trinajstić information content (AvgIpc) is 3.31. The standard InChI is InChI=1S/C26H36N6O2/c1-17(2)23-16-34-26(33)32(23)24-11-12-27-25(29-24)28-18(3)20-7-5-19(6-8-20)13-31-21-9-10-22(31)15-30(4)14-21/h5-8,11-12,17-18,21-23H,9-10,13-16H2,1-4H3,(H,27,28,29)/t18-,21?,22?,23+/m0/s1. The van der Waals surface area contributed by atoms with Gasteiger partial charge in [0.15, 0.2) is 0 Å². The second kappa shape index (κ2) is 9.50. The molecule has 3 aliphatic heterocycles. The van der Waals surface area contributed by atoms with E-state index in [9.17, 15) is 4.79 Å². The molecular weight excluding hydrogens is 428 g/mol. The van der Waals surface area contributed by atoms with Crippen molar-refractivity contribution < 1.29 is 9.53 Å². The molecule has 2 unspecified atom stereocenters. The molecule has 1 aromatic carbocycles. The molecule has 0 aliphatic carbocycles. The maximum Gasteiger partial charge on any atom is 0.415 e. The molecule has 2 bridgehead atoms. The number of likely N-dealkylation sites (N-methyl/N-ethyl adjacent to an activating group) is 1. The molecule has 182 valence electrons. The number of benzene rings is 1. The SMILES string of the molecule is CC(C)[C@H]1COC(=O)N1c1ccnc(N[C@@H](C)c2ccc(CN3C4CCC3CN(C)C4)cc2)n1. The lowest BCUT2D eigenvalue weighted by molar-refractivity contribution is 0.0760. The quantitative estimate of drug-likeness (QED) is 0.666. The highest BCUT2D eigenvalue weighted by Gasteiger charge is 2.39. The van der Waals surface area contributed by atoms with E-state index in [1.54, 1.807) is 17.2 Å². The van der Waals surface area contributed by atoms with Crippen LogP contribution in [0.1, 0.15) is 50.8 Å². The first kappa shape index (κ1) is 23.1. The number of likely N-dealkylation sites (tertiary alicyclic amines) is 1. The smallest absolute Gasteiger partial charge is 0.415 e.